The zero-order chi connectivity index (χ0) is 17.3. The van der Waals surface area contributed by atoms with E-state index in [1.54, 1.807) is 30.3 Å². The summed E-state index contributed by atoms with van der Waals surface area (Å²) in [6.07, 6.45) is 0. The highest BCUT2D eigenvalue weighted by molar-refractivity contribution is 9.10. The highest BCUT2D eigenvalue weighted by atomic mass is 79.9. The standard InChI is InChI=1S/C19H15BrO4/c1-11(2)19-18(22)15-8-7-14(9-17(15)24-19)23-10-16(21)12-3-5-13(20)6-4-12/h3-9H,10H2,1-2H3. The van der Waals surface area contributed by atoms with Crippen LogP contribution in [-0.4, -0.2) is 18.2 Å². The Morgan fingerprint density at radius 1 is 1.12 bits per heavy atom. The van der Waals surface area contributed by atoms with E-state index in [-0.39, 0.29) is 18.2 Å². The van der Waals surface area contributed by atoms with Crippen molar-refractivity contribution in [3.8, 4) is 11.5 Å². The first-order valence-electron chi connectivity index (χ1n) is 7.41. The molecule has 0 aliphatic carbocycles. The van der Waals surface area contributed by atoms with Crippen molar-refractivity contribution < 1.29 is 19.1 Å². The summed E-state index contributed by atoms with van der Waals surface area (Å²) >= 11 is 3.33. The summed E-state index contributed by atoms with van der Waals surface area (Å²) in [6, 6.07) is 12.1. The molecule has 2 aromatic rings. The lowest BCUT2D eigenvalue weighted by Gasteiger charge is -2.07. The number of fused-ring (bicyclic) bond motifs is 1. The number of carbonyl (C=O) groups excluding carboxylic acids is 2. The smallest absolute Gasteiger partial charge is 0.231 e. The Bertz CT molecular complexity index is 846. The molecule has 0 atom stereocenters. The van der Waals surface area contributed by atoms with Gasteiger partial charge in [-0.1, -0.05) is 28.1 Å². The summed E-state index contributed by atoms with van der Waals surface area (Å²) in [5.74, 6) is 1.06. The van der Waals surface area contributed by atoms with Gasteiger partial charge < -0.3 is 9.47 Å². The molecule has 0 aromatic heterocycles. The molecule has 1 aliphatic heterocycles. The first-order chi connectivity index (χ1) is 11.5. The van der Waals surface area contributed by atoms with Crippen molar-refractivity contribution in [2.75, 3.05) is 6.61 Å². The number of ketones is 2. The predicted molar refractivity (Wildman–Crippen MR) is 93.7 cm³/mol. The highest BCUT2D eigenvalue weighted by Crippen LogP contribution is 2.35. The van der Waals surface area contributed by atoms with E-state index in [2.05, 4.69) is 15.9 Å². The number of carbonyl (C=O) groups is 2. The van der Waals surface area contributed by atoms with Gasteiger partial charge >= 0.3 is 0 Å². The van der Waals surface area contributed by atoms with E-state index in [4.69, 9.17) is 9.47 Å². The maximum absolute atomic E-state index is 12.1. The highest BCUT2D eigenvalue weighted by Gasteiger charge is 2.28. The second-order valence-electron chi connectivity index (χ2n) is 5.64. The number of Topliss-reactive ketones (excluding diaryl/α,β-unsaturated/α-hetero) is 2. The minimum atomic E-state index is -0.123. The Morgan fingerprint density at radius 3 is 2.50 bits per heavy atom. The average molecular weight is 387 g/mol. The van der Waals surface area contributed by atoms with Gasteiger partial charge in [0.1, 0.15) is 11.5 Å². The molecule has 1 heterocycles. The Hall–Kier alpha value is -2.40. The maximum Gasteiger partial charge on any atom is 0.231 e. The largest absolute Gasteiger partial charge is 0.485 e. The Labute approximate surface area is 148 Å². The molecule has 0 N–H and O–H groups in total. The van der Waals surface area contributed by atoms with Crippen molar-refractivity contribution in [1.29, 1.82) is 0 Å². The van der Waals surface area contributed by atoms with Gasteiger partial charge in [0.05, 0.1) is 5.56 Å². The third kappa shape index (κ3) is 3.26. The summed E-state index contributed by atoms with van der Waals surface area (Å²) in [6.45, 7) is 3.57. The summed E-state index contributed by atoms with van der Waals surface area (Å²) in [5, 5.41) is 0. The van der Waals surface area contributed by atoms with Crippen LogP contribution in [0.25, 0.3) is 0 Å². The third-order valence-corrected chi connectivity index (χ3v) is 4.13. The Balaban J connectivity index is 1.71. The topological polar surface area (TPSA) is 52.6 Å². The van der Waals surface area contributed by atoms with Crippen LogP contribution in [0.4, 0.5) is 0 Å². The number of hydrogen-bond acceptors (Lipinski definition) is 4. The molecule has 0 amide bonds. The SMILES string of the molecule is CC(C)=C1Oc2cc(OCC(=O)c3ccc(Br)cc3)ccc2C1=O. The van der Waals surface area contributed by atoms with E-state index in [1.165, 1.54) is 0 Å². The summed E-state index contributed by atoms with van der Waals surface area (Å²) < 4.78 is 12.0. The van der Waals surface area contributed by atoms with Gasteiger partial charge in [0, 0.05) is 16.1 Å². The van der Waals surface area contributed by atoms with Crippen LogP contribution < -0.4 is 9.47 Å². The van der Waals surface area contributed by atoms with Gasteiger partial charge in [0.15, 0.2) is 18.1 Å². The molecule has 24 heavy (non-hydrogen) atoms. The maximum atomic E-state index is 12.1. The van der Waals surface area contributed by atoms with Crippen molar-refractivity contribution in [2.45, 2.75) is 13.8 Å². The van der Waals surface area contributed by atoms with Crippen LogP contribution in [0.3, 0.4) is 0 Å². The average Bonchev–Trinajstić information content (AvgIpc) is 2.90. The van der Waals surface area contributed by atoms with Crippen LogP contribution >= 0.6 is 15.9 Å². The molecular weight excluding hydrogens is 372 g/mol. The molecular formula is C19H15BrO4. The number of allylic oxidation sites excluding steroid dienone is 2. The zero-order valence-corrected chi connectivity index (χ0v) is 14.8. The van der Waals surface area contributed by atoms with Crippen LogP contribution in [0.5, 0.6) is 11.5 Å². The number of benzene rings is 2. The van der Waals surface area contributed by atoms with Crippen LogP contribution in [0, 0.1) is 0 Å². The van der Waals surface area contributed by atoms with Crippen molar-refractivity contribution in [1.82, 2.24) is 0 Å². The third-order valence-electron chi connectivity index (χ3n) is 3.61. The lowest BCUT2D eigenvalue weighted by atomic mass is 10.1. The molecule has 122 valence electrons. The summed E-state index contributed by atoms with van der Waals surface area (Å²) in [7, 11) is 0. The molecule has 1 aliphatic rings. The molecule has 0 saturated heterocycles. The predicted octanol–water partition coefficient (Wildman–Crippen LogP) is 4.58. The fraction of sp³-hybridized carbons (Fsp3) is 0.158. The van der Waals surface area contributed by atoms with Gasteiger partial charge in [-0.15, -0.1) is 0 Å². The van der Waals surface area contributed by atoms with Crippen molar-refractivity contribution in [3.05, 3.63) is 69.4 Å². The second-order valence-corrected chi connectivity index (χ2v) is 6.55. The summed E-state index contributed by atoms with van der Waals surface area (Å²) in [4.78, 5) is 24.3. The molecule has 0 unspecified atom stereocenters. The lowest BCUT2D eigenvalue weighted by Crippen LogP contribution is -2.11. The number of hydrogen-bond donors (Lipinski definition) is 0. The molecule has 0 fully saturated rings. The van der Waals surface area contributed by atoms with Gasteiger partial charge in [-0.25, -0.2) is 0 Å². The van der Waals surface area contributed by atoms with Gasteiger partial charge in [0.2, 0.25) is 5.78 Å². The van der Waals surface area contributed by atoms with Gasteiger partial charge in [0.25, 0.3) is 0 Å². The Kier molecular flexibility index (Phi) is 4.53. The quantitative estimate of drug-likeness (QED) is 0.569. The molecule has 0 bridgehead atoms. The molecule has 4 nitrogen and oxygen atoms in total. The Morgan fingerprint density at radius 2 is 1.83 bits per heavy atom. The minimum absolute atomic E-state index is 0.0795. The molecule has 2 aromatic carbocycles. The minimum Gasteiger partial charge on any atom is -0.485 e. The molecule has 0 saturated carbocycles. The number of rotatable bonds is 4. The zero-order valence-electron chi connectivity index (χ0n) is 13.3. The van der Waals surface area contributed by atoms with E-state index in [1.807, 2.05) is 26.0 Å². The van der Waals surface area contributed by atoms with E-state index in [0.29, 0.717) is 28.4 Å². The van der Waals surface area contributed by atoms with E-state index in [9.17, 15) is 9.59 Å². The van der Waals surface area contributed by atoms with E-state index < -0.39 is 0 Å². The van der Waals surface area contributed by atoms with Gasteiger partial charge in [-0.3, -0.25) is 9.59 Å². The normalized spacial score (nSPS) is 12.6. The fourth-order valence-corrected chi connectivity index (χ4v) is 2.60. The van der Waals surface area contributed by atoms with E-state index >= 15 is 0 Å². The first-order valence-corrected chi connectivity index (χ1v) is 8.20. The number of ether oxygens (including phenoxy) is 2. The fourth-order valence-electron chi connectivity index (χ4n) is 2.34. The number of halogens is 1. The van der Waals surface area contributed by atoms with Crippen LogP contribution in [0.2, 0.25) is 0 Å². The van der Waals surface area contributed by atoms with Crippen LogP contribution in [-0.2, 0) is 0 Å². The molecule has 0 spiro atoms. The second kappa shape index (κ2) is 6.61. The molecule has 5 heteroatoms. The van der Waals surface area contributed by atoms with Crippen molar-refractivity contribution >= 4 is 27.5 Å². The van der Waals surface area contributed by atoms with Crippen LogP contribution in [0.1, 0.15) is 34.6 Å². The van der Waals surface area contributed by atoms with Gasteiger partial charge in [-0.05, 0) is 43.7 Å². The monoisotopic (exact) mass is 386 g/mol. The summed E-state index contributed by atoms with van der Waals surface area (Å²) in [5.41, 5.74) is 1.92. The molecule has 3 rings (SSSR count). The van der Waals surface area contributed by atoms with E-state index in [0.717, 1.165) is 10.0 Å². The first kappa shape index (κ1) is 16.5. The molecule has 0 radical (unpaired) electrons. The van der Waals surface area contributed by atoms with Crippen molar-refractivity contribution in [3.63, 3.8) is 0 Å². The van der Waals surface area contributed by atoms with Crippen LogP contribution in [0.15, 0.2) is 58.3 Å². The van der Waals surface area contributed by atoms with Gasteiger partial charge in [-0.2, -0.15) is 0 Å². The lowest BCUT2D eigenvalue weighted by molar-refractivity contribution is 0.0921. The van der Waals surface area contributed by atoms with Crippen molar-refractivity contribution in [2.24, 2.45) is 0 Å².